The van der Waals surface area contributed by atoms with Crippen molar-refractivity contribution in [3.8, 4) is 0 Å². The van der Waals surface area contributed by atoms with Crippen molar-refractivity contribution in [1.29, 1.82) is 0 Å². The zero-order chi connectivity index (χ0) is 21.8. The molecule has 7 heteroatoms. The van der Waals surface area contributed by atoms with E-state index in [9.17, 15) is 14.4 Å². The van der Waals surface area contributed by atoms with Gasteiger partial charge in [0.1, 0.15) is 0 Å². The Hall–Kier alpha value is -3.87. The highest BCUT2D eigenvalue weighted by molar-refractivity contribution is 6.07. The number of nitrogens with zero attached hydrogens (tertiary/aromatic N) is 1. The average molecular weight is 418 g/mol. The van der Waals surface area contributed by atoms with Gasteiger partial charge in [0.25, 0.3) is 11.8 Å². The number of amides is 2. The monoisotopic (exact) mass is 418 g/mol. The van der Waals surface area contributed by atoms with Gasteiger partial charge in [-0.2, -0.15) is 0 Å². The Labute approximate surface area is 179 Å². The van der Waals surface area contributed by atoms with E-state index in [0.717, 1.165) is 12.0 Å². The van der Waals surface area contributed by atoms with Gasteiger partial charge in [-0.25, -0.2) is 4.79 Å². The van der Waals surface area contributed by atoms with Crippen molar-refractivity contribution in [2.75, 3.05) is 11.9 Å². The van der Waals surface area contributed by atoms with E-state index in [1.165, 1.54) is 24.0 Å². The Bertz CT molecular complexity index is 1110. The summed E-state index contributed by atoms with van der Waals surface area (Å²) in [6.07, 6.45) is 1.21. The number of benzene rings is 2. The molecule has 0 spiro atoms. The minimum absolute atomic E-state index is 0.122. The van der Waals surface area contributed by atoms with Gasteiger partial charge in [-0.1, -0.05) is 36.4 Å². The molecule has 7 nitrogen and oxygen atoms in total. The molecule has 0 radical (unpaired) electrons. The predicted molar refractivity (Wildman–Crippen MR) is 114 cm³/mol. The summed E-state index contributed by atoms with van der Waals surface area (Å²) < 4.78 is 10.5. The topological polar surface area (TPSA) is 88.8 Å². The van der Waals surface area contributed by atoms with Gasteiger partial charge >= 0.3 is 5.97 Å². The number of carbonyl (C=O) groups excluding carboxylic acids is 3. The number of esters is 1. The van der Waals surface area contributed by atoms with Gasteiger partial charge in [-0.05, 0) is 48.7 Å². The summed E-state index contributed by atoms with van der Waals surface area (Å²) in [5.74, 6) is -1.30. The molecule has 31 heavy (non-hydrogen) atoms. The van der Waals surface area contributed by atoms with E-state index in [-0.39, 0.29) is 22.9 Å². The molecular weight excluding hydrogens is 396 g/mol. The van der Waals surface area contributed by atoms with Crippen LogP contribution in [-0.4, -0.2) is 35.3 Å². The Morgan fingerprint density at radius 1 is 1.00 bits per heavy atom. The molecule has 2 heterocycles. The van der Waals surface area contributed by atoms with E-state index in [1.807, 2.05) is 18.2 Å². The van der Waals surface area contributed by atoms with Gasteiger partial charge in [0, 0.05) is 13.1 Å². The lowest BCUT2D eigenvalue weighted by Crippen LogP contribution is -2.42. The highest BCUT2D eigenvalue weighted by Gasteiger charge is 2.28. The van der Waals surface area contributed by atoms with Crippen LogP contribution in [0, 0.1) is 0 Å². The third kappa shape index (κ3) is 4.50. The van der Waals surface area contributed by atoms with Gasteiger partial charge in [-0.3, -0.25) is 9.59 Å². The second kappa shape index (κ2) is 8.87. The lowest BCUT2D eigenvalue weighted by molar-refractivity contribution is -0.140. The molecule has 0 aliphatic carbocycles. The Morgan fingerprint density at radius 3 is 2.52 bits per heavy atom. The molecule has 0 unspecified atom stereocenters. The largest absolute Gasteiger partial charge is 0.459 e. The highest BCUT2D eigenvalue weighted by Crippen LogP contribution is 2.21. The molecule has 0 bridgehead atoms. The van der Waals surface area contributed by atoms with Crippen LogP contribution in [0.2, 0.25) is 0 Å². The Kier molecular flexibility index (Phi) is 5.84. The molecule has 4 rings (SSSR count). The summed E-state index contributed by atoms with van der Waals surface area (Å²) >= 11 is 0. The van der Waals surface area contributed by atoms with Crippen molar-refractivity contribution < 1.29 is 23.5 Å². The van der Waals surface area contributed by atoms with Crippen LogP contribution in [0.25, 0.3) is 0 Å². The predicted octanol–water partition coefficient (Wildman–Crippen LogP) is 3.66. The summed E-state index contributed by atoms with van der Waals surface area (Å²) in [7, 11) is 0. The molecule has 0 saturated heterocycles. The summed E-state index contributed by atoms with van der Waals surface area (Å²) in [6, 6.07) is 17.6. The smallest absolute Gasteiger partial charge is 0.341 e. The van der Waals surface area contributed by atoms with Crippen LogP contribution in [0.5, 0.6) is 0 Å². The van der Waals surface area contributed by atoms with Crippen LogP contribution in [0.4, 0.5) is 5.69 Å². The van der Waals surface area contributed by atoms with E-state index >= 15 is 0 Å². The molecule has 1 aliphatic rings. The summed E-state index contributed by atoms with van der Waals surface area (Å²) in [4.78, 5) is 39.6. The second-order valence-electron chi connectivity index (χ2n) is 7.30. The molecule has 0 saturated carbocycles. The first-order chi connectivity index (χ1) is 15.0. The fourth-order valence-corrected chi connectivity index (χ4v) is 3.58. The van der Waals surface area contributed by atoms with Gasteiger partial charge < -0.3 is 19.4 Å². The fourth-order valence-electron chi connectivity index (χ4n) is 3.58. The van der Waals surface area contributed by atoms with Crippen LogP contribution in [0.15, 0.2) is 71.3 Å². The van der Waals surface area contributed by atoms with Crippen LogP contribution in [-0.2, 0) is 22.5 Å². The number of furan rings is 1. The number of para-hydroxylation sites is 1. The normalized spacial score (nSPS) is 13.8. The second-order valence-corrected chi connectivity index (χ2v) is 7.30. The van der Waals surface area contributed by atoms with E-state index < -0.39 is 18.0 Å². The van der Waals surface area contributed by atoms with Crippen molar-refractivity contribution in [2.45, 2.75) is 26.0 Å². The highest BCUT2D eigenvalue weighted by atomic mass is 16.5. The number of nitrogens with one attached hydrogen (secondary N) is 1. The lowest BCUT2D eigenvalue weighted by atomic mass is 9.99. The number of ether oxygens (including phenoxy) is 1. The fraction of sp³-hybridized carbons (Fsp3) is 0.208. The molecule has 158 valence electrons. The minimum Gasteiger partial charge on any atom is -0.459 e. The maximum atomic E-state index is 12.9. The molecule has 1 aliphatic heterocycles. The maximum absolute atomic E-state index is 12.9. The molecule has 1 aromatic heterocycles. The number of rotatable bonds is 5. The first-order valence-corrected chi connectivity index (χ1v) is 10.0. The van der Waals surface area contributed by atoms with E-state index in [4.69, 9.17) is 9.15 Å². The van der Waals surface area contributed by atoms with Crippen LogP contribution >= 0.6 is 0 Å². The quantitative estimate of drug-likeness (QED) is 0.639. The van der Waals surface area contributed by atoms with Crippen LogP contribution < -0.4 is 5.32 Å². The number of hydrogen-bond acceptors (Lipinski definition) is 5. The SMILES string of the molecule is C[C@@H](OC(=O)c1ccccc1NC(=O)c1ccco1)C(=O)N1CCc2ccccc2C1. The van der Waals surface area contributed by atoms with Crippen molar-refractivity contribution in [3.05, 3.63) is 89.4 Å². The summed E-state index contributed by atoms with van der Waals surface area (Å²) in [6.45, 7) is 2.63. The summed E-state index contributed by atoms with van der Waals surface area (Å²) in [5, 5.41) is 2.64. The van der Waals surface area contributed by atoms with Gasteiger partial charge in [-0.15, -0.1) is 0 Å². The standard InChI is InChI=1S/C24H22N2O5/c1-16(23(28)26-13-12-17-7-2-3-8-18(17)15-26)31-24(29)19-9-4-5-10-20(19)25-22(27)21-11-6-14-30-21/h2-11,14,16H,12-13,15H2,1H3,(H,25,27)/t16-/m1/s1. The number of carbonyl (C=O) groups is 3. The zero-order valence-corrected chi connectivity index (χ0v) is 17.0. The first kappa shape index (κ1) is 20.4. The number of anilines is 1. The Balaban J connectivity index is 1.42. The average Bonchev–Trinajstić information content (AvgIpc) is 3.33. The molecule has 3 aromatic rings. The van der Waals surface area contributed by atoms with Crippen molar-refractivity contribution >= 4 is 23.5 Å². The molecule has 1 atom stereocenters. The third-order valence-corrected chi connectivity index (χ3v) is 5.21. The van der Waals surface area contributed by atoms with Crippen molar-refractivity contribution in [1.82, 2.24) is 4.90 Å². The minimum atomic E-state index is -0.952. The lowest BCUT2D eigenvalue weighted by Gasteiger charge is -2.30. The van der Waals surface area contributed by atoms with Crippen LogP contribution in [0.1, 0.15) is 39.0 Å². The number of fused-ring (bicyclic) bond motifs is 1. The van der Waals surface area contributed by atoms with Crippen molar-refractivity contribution in [3.63, 3.8) is 0 Å². The first-order valence-electron chi connectivity index (χ1n) is 10.0. The maximum Gasteiger partial charge on any atom is 0.341 e. The van der Waals surface area contributed by atoms with Crippen LogP contribution in [0.3, 0.4) is 0 Å². The molecular formula is C24H22N2O5. The molecule has 1 N–H and O–H groups in total. The van der Waals surface area contributed by atoms with Gasteiger partial charge in [0.2, 0.25) is 0 Å². The molecule has 2 aromatic carbocycles. The third-order valence-electron chi connectivity index (χ3n) is 5.21. The van der Waals surface area contributed by atoms with Gasteiger partial charge in [0.15, 0.2) is 11.9 Å². The Morgan fingerprint density at radius 2 is 1.74 bits per heavy atom. The van der Waals surface area contributed by atoms with E-state index in [2.05, 4.69) is 11.4 Å². The van der Waals surface area contributed by atoms with E-state index in [0.29, 0.717) is 13.1 Å². The van der Waals surface area contributed by atoms with Crippen molar-refractivity contribution in [2.24, 2.45) is 0 Å². The number of hydrogen-bond donors (Lipinski definition) is 1. The van der Waals surface area contributed by atoms with Gasteiger partial charge in [0.05, 0.1) is 17.5 Å². The molecule has 0 fully saturated rings. The van der Waals surface area contributed by atoms with E-state index in [1.54, 1.807) is 36.1 Å². The summed E-state index contributed by atoms with van der Waals surface area (Å²) in [5.41, 5.74) is 2.77. The zero-order valence-electron chi connectivity index (χ0n) is 17.0. The molecule has 2 amide bonds.